The Bertz CT molecular complexity index is 461. The summed E-state index contributed by atoms with van der Waals surface area (Å²) < 4.78 is 0. The van der Waals surface area contributed by atoms with E-state index in [2.05, 4.69) is 10.6 Å². The molecule has 4 heteroatoms. The van der Waals surface area contributed by atoms with E-state index in [0.29, 0.717) is 5.56 Å². The Morgan fingerprint density at radius 3 is 2.05 bits per heavy atom. The molecule has 1 aromatic rings. The molecule has 1 aromatic carbocycles. The van der Waals surface area contributed by atoms with Gasteiger partial charge in [0.05, 0.1) is 0 Å². The van der Waals surface area contributed by atoms with Crippen LogP contribution in [0.15, 0.2) is 30.3 Å². The molecule has 0 aliphatic rings. The summed E-state index contributed by atoms with van der Waals surface area (Å²) in [5.41, 5.74) is 0.239. The lowest BCUT2D eigenvalue weighted by atomic mass is 10.0. The first-order chi connectivity index (χ1) is 9.20. The van der Waals surface area contributed by atoms with Crippen LogP contribution in [0.1, 0.15) is 45.0 Å². The minimum absolute atomic E-state index is 0.0185. The van der Waals surface area contributed by atoms with Gasteiger partial charge in [-0.1, -0.05) is 32.0 Å². The molecule has 0 heterocycles. The number of nitrogens with one attached hydrogen (secondary N) is 2. The van der Waals surface area contributed by atoms with E-state index in [1.165, 1.54) is 0 Å². The second-order valence-electron chi connectivity index (χ2n) is 6.30. The molecule has 2 amide bonds. The SMILES string of the molecule is CC(C)[C@@H](NC(=O)c1ccccc1)C(=O)NC(C)(C)C. The summed E-state index contributed by atoms with van der Waals surface area (Å²) in [5.74, 6) is -0.366. The molecule has 1 rings (SSSR count). The Kier molecular flexibility index (Phi) is 5.31. The highest BCUT2D eigenvalue weighted by atomic mass is 16.2. The highest BCUT2D eigenvalue weighted by molar-refractivity contribution is 5.97. The van der Waals surface area contributed by atoms with E-state index >= 15 is 0 Å². The molecule has 0 bridgehead atoms. The van der Waals surface area contributed by atoms with Crippen LogP contribution < -0.4 is 10.6 Å². The number of amides is 2. The van der Waals surface area contributed by atoms with Crippen LogP contribution in [0, 0.1) is 5.92 Å². The fourth-order valence-corrected chi connectivity index (χ4v) is 1.80. The van der Waals surface area contributed by atoms with Gasteiger partial charge < -0.3 is 10.6 Å². The summed E-state index contributed by atoms with van der Waals surface area (Å²) in [6.45, 7) is 9.58. The Labute approximate surface area is 121 Å². The number of rotatable bonds is 4. The third-order valence-electron chi connectivity index (χ3n) is 2.77. The Hall–Kier alpha value is -1.84. The van der Waals surface area contributed by atoms with Gasteiger partial charge in [0, 0.05) is 11.1 Å². The van der Waals surface area contributed by atoms with Gasteiger partial charge in [-0.3, -0.25) is 9.59 Å². The van der Waals surface area contributed by atoms with E-state index in [9.17, 15) is 9.59 Å². The van der Waals surface area contributed by atoms with Gasteiger partial charge in [0.2, 0.25) is 5.91 Å². The van der Waals surface area contributed by atoms with Gasteiger partial charge >= 0.3 is 0 Å². The number of carbonyl (C=O) groups excluding carboxylic acids is 2. The summed E-state index contributed by atoms with van der Waals surface area (Å²) in [7, 11) is 0. The Morgan fingerprint density at radius 2 is 1.60 bits per heavy atom. The predicted octanol–water partition coefficient (Wildman–Crippen LogP) is 2.36. The summed E-state index contributed by atoms with van der Waals surface area (Å²) in [4.78, 5) is 24.4. The molecule has 0 aliphatic carbocycles. The van der Waals surface area contributed by atoms with Crippen molar-refractivity contribution in [3.8, 4) is 0 Å². The second-order valence-corrected chi connectivity index (χ2v) is 6.30. The lowest BCUT2D eigenvalue weighted by Gasteiger charge is -2.27. The largest absolute Gasteiger partial charge is 0.350 e. The molecule has 0 fully saturated rings. The van der Waals surface area contributed by atoms with Crippen LogP contribution in [0.4, 0.5) is 0 Å². The minimum atomic E-state index is -0.540. The van der Waals surface area contributed by atoms with Gasteiger partial charge in [-0.15, -0.1) is 0 Å². The van der Waals surface area contributed by atoms with Gasteiger partial charge in [-0.2, -0.15) is 0 Å². The second kappa shape index (κ2) is 6.55. The van der Waals surface area contributed by atoms with Crippen molar-refractivity contribution in [3.05, 3.63) is 35.9 Å². The quantitative estimate of drug-likeness (QED) is 0.887. The predicted molar refractivity (Wildman–Crippen MR) is 80.4 cm³/mol. The summed E-state index contributed by atoms with van der Waals surface area (Å²) in [6, 6.07) is 8.37. The molecule has 0 saturated heterocycles. The first-order valence-electron chi connectivity index (χ1n) is 6.88. The van der Waals surface area contributed by atoms with Crippen molar-refractivity contribution < 1.29 is 9.59 Å². The molecule has 0 spiro atoms. The normalized spacial score (nSPS) is 12.9. The smallest absolute Gasteiger partial charge is 0.251 e. The van der Waals surface area contributed by atoms with E-state index in [0.717, 1.165) is 0 Å². The van der Waals surface area contributed by atoms with Gasteiger partial charge in [-0.05, 0) is 38.8 Å². The molecule has 4 nitrogen and oxygen atoms in total. The van der Waals surface area contributed by atoms with E-state index in [1.54, 1.807) is 24.3 Å². The first kappa shape index (κ1) is 16.2. The average molecular weight is 276 g/mol. The monoisotopic (exact) mass is 276 g/mol. The zero-order chi connectivity index (χ0) is 15.3. The van der Waals surface area contributed by atoms with Gasteiger partial charge in [-0.25, -0.2) is 0 Å². The standard InChI is InChI=1S/C16H24N2O2/c1-11(2)13(15(20)18-16(3,4)5)17-14(19)12-9-7-6-8-10-12/h6-11,13H,1-5H3,(H,17,19)(H,18,20)/t13-/m1/s1. The van der Waals surface area contributed by atoms with Crippen molar-refractivity contribution in [3.63, 3.8) is 0 Å². The molecule has 0 saturated carbocycles. The molecular formula is C16H24N2O2. The highest BCUT2D eigenvalue weighted by Crippen LogP contribution is 2.08. The molecule has 0 aliphatic heterocycles. The van der Waals surface area contributed by atoms with Crippen LogP contribution in [0.5, 0.6) is 0 Å². The van der Waals surface area contributed by atoms with Crippen LogP contribution in [0.2, 0.25) is 0 Å². The third kappa shape index (κ3) is 5.03. The van der Waals surface area contributed by atoms with E-state index < -0.39 is 6.04 Å². The van der Waals surface area contributed by atoms with E-state index in [4.69, 9.17) is 0 Å². The van der Waals surface area contributed by atoms with Crippen molar-refractivity contribution in [1.29, 1.82) is 0 Å². The number of hydrogen-bond acceptors (Lipinski definition) is 2. The van der Waals surface area contributed by atoms with Crippen LogP contribution in [-0.2, 0) is 4.79 Å². The fourth-order valence-electron chi connectivity index (χ4n) is 1.80. The van der Waals surface area contributed by atoms with E-state index in [-0.39, 0.29) is 23.3 Å². The van der Waals surface area contributed by atoms with E-state index in [1.807, 2.05) is 40.7 Å². The third-order valence-corrected chi connectivity index (χ3v) is 2.77. The van der Waals surface area contributed by atoms with Gasteiger partial charge in [0.1, 0.15) is 6.04 Å². The van der Waals surface area contributed by atoms with Crippen LogP contribution in [0.25, 0.3) is 0 Å². The zero-order valence-electron chi connectivity index (χ0n) is 12.9. The van der Waals surface area contributed by atoms with Gasteiger partial charge in [0.15, 0.2) is 0 Å². The average Bonchev–Trinajstić information content (AvgIpc) is 2.34. The first-order valence-corrected chi connectivity index (χ1v) is 6.88. The van der Waals surface area contributed by atoms with Crippen molar-refractivity contribution >= 4 is 11.8 Å². The molecule has 0 unspecified atom stereocenters. The van der Waals surface area contributed by atoms with Crippen molar-refractivity contribution in [2.45, 2.75) is 46.2 Å². The van der Waals surface area contributed by atoms with Crippen molar-refractivity contribution in [2.24, 2.45) is 5.92 Å². The maximum atomic E-state index is 12.2. The molecule has 0 aromatic heterocycles. The number of hydrogen-bond donors (Lipinski definition) is 2. The maximum absolute atomic E-state index is 12.2. The molecule has 0 radical (unpaired) electrons. The minimum Gasteiger partial charge on any atom is -0.350 e. The maximum Gasteiger partial charge on any atom is 0.251 e. The lowest BCUT2D eigenvalue weighted by molar-refractivity contribution is -0.125. The van der Waals surface area contributed by atoms with Gasteiger partial charge in [0.25, 0.3) is 5.91 Å². The van der Waals surface area contributed by atoms with Crippen molar-refractivity contribution in [2.75, 3.05) is 0 Å². The Balaban J connectivity index is 2.78. The molecule has 20 heavy (non-hydrogen) atoms. The Morgan fingerprint density at radius 1 is 1.05 bits per heavy atom. The highest BCUT2D eigenvalue weighted by Gasteiger charge is 2.27. The summed E-state index contributed by atoms with van der Waals surface area (Å²) >= 11 is 0. The van der Waals surface area contributed by atoms with Crippen LogP contribution in [-0.4, -0.2) is 23.4 Å². The topological polar surface area (TPSA) is 58.2 Å². The summed E-state index contributed by atoms with van der Waals surface area (Å²) in [6.07, 6.45) is 0. The number of benzene rings is 1. The van der Waals surface area contributed by atoms with Crippen LogP contribution in [0.3, 0.4) is 0 Å². The lowest BCUT2D eigenvalue weighted by Crippen LogP contribution is -2.54. The van der Waals surface area contributed by atoms with Crippen LogP contribution >= 0.6 is 0 Å². The molecule has 2 N–H and O–H groups in total. The number of carbonyl (C=O) groups is 2. The molecule has 1 atom stereocenters. The van der Waals surface area contributed by atoms with Crippen molar-refractivity contribution in [1.82, 2.24) is 10.6 Å². The zero-order valence-corrected chi connectivity index (χ0v) is 12.9. The fraction of sp³-hybridized carbons (Fsp3) is 0.500. The molecule has 110 valence electrons. The summed E-state index contributed by atoms with van der Waals surface area (Å²) in [5, 5.41) is 5.71. The molecular weight excluding hydrogens is 252 g/mol.